The summed E-state index contributed by atoms with van der Waals surface area (Å²) in [4.78, 5) is 47.1. The summed E-state index contributed by atoms with van der Waals surface area (Å²) in [5.41, 5.74) is 0.0804. The first-order chi connectivity index (χ1) is 19.8. The summed E-state index contributed by atoms with van der Waals surface area (Å²) >= 11 is 0. The second-order valence-corrected chi connectivity index (χ2v) is 11.4. The number of aliphatic carboxylic acids is 2. The zero-order valence-electron chi connectivity index (χ0n) is 24.3. The number of carboxylic acids is 2. The molecule has 2 aliphatic heterocycles. The molecule has 0 amide bonds. The summed E-state index contributed by atoms with van der Waals surface area (Å²) in [5.74, 6) is -1.25. The quantitative estimate of drug-likeness (QED) is 0.212. The fourth-order valence-corrected chi connectivity index (χ4v) is 5.50. The number of ether oxygens (including phenoxy) is 4. The average molecular weight is 581 g/mol. The lowest BCUT2D eigenvalue weighted by atomic mass is 9.84. The first kappa shape index (κ1) is 30.6. The van der Waals surface area contributed by atoms with Crippen molar-refractivity contribution in [3.63, 3.8) is 0 Å². The van der Waals surface area contributed by atoms with Crippen LogP contribution in [0.2, 0.25) is 0 Å². The summed E-state index contributed by atoms with van der Waals surface area (Å²) in [6, 6.07) is 10.2. The van der Waals surface area contributed by atoms with Crippen LogP contribution in [0.15, 0.2) is 47.5 Å². The summed E-state index contributed by atoms with van der Waals surface area (Å²) < 4.78 is 22.8. The van der Waals surface area contributed by atoms with Crippen LogP contribution in [0.5, 0.6) is 23.0 Å². The fourth-order valence-electron chi connectivity index (χ4n) is 5.50. The maximum atomic E-state index is 12.3. The smallest absolute Gasteiger partial charge is 0.332 e. The molecule has 10 nitrogen and oxygen atoms in total. The minimum atomic E-state index is -1.27. The van der Waals surface area contributed by atoms with Crippen LogP contribution in [0.25, 0.3) is 0 Å². The number of carboxylic acid groups (broad SMARTS) is 2. The third-order valence-electron chi connectivity index (χ3n) is 7.83. The summed E-state index contributed by atoms with van der Waals surface area (Å²) in [7, 11) is 0. The van der Waals surface area contributed by atoms with Crippen molar-refractivity contribution in [2.45, 2.75) is 90.3 Å². The van der Waals surface area contributed by atoms with Gasteiger partial charge in [0.1, 0.15) is 34.2 Å². The highest BCUT2D eigenvalue weighted by atomic mass is 16.5. The molecule has 0 radical (unpaired) electrons. The van der Waals surface area contributed by atoms with E-state index in [0.717, 1.165) is 11.1 Å². The second-order valence-electron chi connectivity index (χ2n) is 11.4. The Kier molecular flexibility index (Phi) is 8.94. The van der Waals surface area contributed by atoms with Crippen molar-refractivity contribution in [2.24, 2.45) is 0 Å². The third kappa shape index (κ3) is 7.48. The summed E-state index contributed by atoms with van der Waals surface area (Å²) in [6.45, 7) is 6.43. The lowest BCUT2D eigenvalue weighted by Gasteiger charge is -2.37. The van der Waals surface area contributed by atoms with Gasteiger partial charge in [-0.1, -0.05) is 0 Å². The van der Waals surface area contributed by atoms with Gasteiger partial charge in [-0.3, -0.25) is 9.59 Å². The van der Waals surface area contributed by atoms with Crippen molar-refractivity contribution in [3.05, 3.63) is 58.7 Å². The summed E-state index contributed by atoms with van der Waals surface area (Å²) in [6.07, 6.45) is 3.11. The van der Waals surface area contributed by atoms with Crippen LogP contribution in [0.3, 0.4) is 0 Å². The molecule has 10 heteroatoms. The van der Waals surface area contributed by atoms with Gasteiger partial charge in [-0.2, -0.15) is 0 Å². The number of rotatable bonds is 10. The van der Waals surface area contributed by atoms with Crippen LogP contribution in [-0.2, 0) is 32.0 Å². The maximum Gasteiger partial charge on any atom is 0.332 e. The van der Waals surface area contributed by atoms with E-state index in [1.54, 1.807) is 36.4 Å². The molecule has 2 heterocycles. The highest BCUT2D eigenvalue weighted by Gasteiger charge is 2.35. The van der Waals surface area contributed by atoms with Gasteiger partial charge < -0.3 is 29.2 Å². The number of fused-ring (bicyclic) bond motifs is 2. The molecule has 2 aromatic rings. The number of carbonyl (C=O) groups is 4. The van der Waals surface area contributed by atoms with Crippen LogP contribution in [0, 0.1) is 0 Å². The molecule has 0 bridgehead atoms. The SMILES string of the molecule is CC(=O)Oc1ccc2c(c1)CCC(C)(CCC(C(=O)O)=C(CCC1(C)CCc3cc(OC(C)=O)ccc3O1)C(=O)O)O2. The van der Waals surface area contributed by atoms with E-state index in [-0.39, 0.29) is 24.0 Å². The van der Waals surface area contributed by atoms with E-state index in [2.05, 4.69) is 0 Å². The number of benzene rings is 2. The molecular weight excluding hydrogens is 544 g/mol. The molecule has 2 unspecified atom stereocenters. The predicted octanol–water partition coefficient (Wildman–Crippen LogP) is 5.43. The zero-order chi connectivity index (χ0) is 30.7. The number of esters is 2. The first-order valence-electron chi connectivity index (χ1n) is 14.0. The largest absolute Gasteiger partial charge is 0.487 e. The van der Waals surface area contributed by atoms with Crippen LogP contribution in [-0.4, -0.2) is 45.3 Å². The lowest BCUT2D eigenvalue weighted by Crippen LogP contribution is -2.37. The molecule has 0 aromatic heterocycles. The van der Waals surface area contributed by atoms with E-state index in [9.17, 15) is 29.4 Å². The van der Waals surface area contributed by atoms with Gasteiger partial charge in [-0.05, 0) is 113 Å². The minimum Gasteiger partial charge on any atom is -0.487 e. The number of carbonyl (C=O) groups excluding carboxylic acids is 2. The van der Waals surface area contributed by atoms with Crippen LogP contribution >= 0.6 is 0 Å². The average Bonchev–Trinajstić information content (AvgIpc) is 2.89. The van der Waals surface area contributed by atoms with Gasteiger partial charge in [0.15, 0.2) is 0 Å². The molecule has 0 spiro atoms. The van der Waals surface area contributed by atoms with Gasteiger partial charge in [0.05, 0.1) is 0 Å². The van der Waals surface area contributed by atoms with E-state index in [0.29, 0.717) is 61.5 Å². The molecular formula is C32H36O10. The molecule has 0 fully saturated rings. The Labute approximate surface area is 244 Å². The van der Waals surface area contributed by atoms with E-state index < -0.39 is 35.1 Å². The Morgan fingerprint density at radius 3 is 1.43 bits per heavy atom. The van der Waals surface area contributed by atoms with Crippen molar-refractivity contribution in [1.29, 1.82) is 0 Å². The number of hydrogen-bond acceptors (Lipinski definition) is 8. The number of aryl methyl sites for hydroxylation is 2. The molecule has 0 aliphatic carbocycles. The van der Waals surface area contributed by atoms with Gasteiger partial charge in [-0.25, -0.2) is 9.59 Å². The summed E-state index contributed by atoms with van der Waals surface area (Å²) in [5, 5.41) is 20.0. The van der Waals surface area contributed by atoms with Crippen molar-refractivity contribution in [1.82, 2.24) is 0 Å². The van der Waals surface area contributed by atoms with E-state index in [1.807, 2.05) is 13.8 Å². The third-order valence-corrected chi connectivity index (χ3v) is 7.83. The predicted molar refractivity (Wildman–Crippen MR) is 151 cm³/mol. The van der Waals surface area contributed by atoms with Crippen molar-refractivity contribution in [2.75, 3.05) is 0 Å². The van der Waals surface area contributed by atoms with E-state index >= 15 is 0 Å². The van der Waals surface area contributed by atoms with Crippen molar-refractivity contribution >= 4 is 23.9 Å². The second kappa shape index (κ2) is 12.3. The molecule has 42 heavy (non-hydrogen) atoms. The zero-order valence-corrected chi connectivity index (χ0v) is 24.3. The van der Waals surface area contributed by atoms with Crippen molar-refractivity contribution in [3.8, 4) is 23.0 Å². The van der Waals surface area contributed by atoms with Crippen LogP contribution < -0.4 is 18.9 Å². The Balaban J connectivity index is 1.45. The van der Waals surface area contributed by atoms with Crippen LogP contribution in [0.4, 0.5) is 0 Å². The Morgan fingerprint density at radius 2 is 1.10 bits per heavy atom. The molecule has 0 saturated heterocycles. The minimum absolute atomic E-state index is 0.0215. The van der Waals surface area contributed by atoms with Crippen molar-refractivity contribution < 1.29 is 48.3 Å². The van der Waals surface area contributed by atoms with Gasteiger partial charge in [0, 0.05) is 25.0 Å². The fraction of sp³-hybridized carbons (Fsp3) is 0.438. The van der Waals surface area contributed by atoms with Gasteiger partial charge >= 0.3 is 23.9 Å². The highest BCUT2D eigenvalue weighted by Crippen LogP contribution is 2.40. The monoisotopic (exact) mass is 580 g/mol. The number of hydrogen-bond donors (Lipinski definition) is 2. The molecule has 2 atom stereocenters. The highest BCUT2D eigenvalue weighted by molar-refractivity contribution is 5.98. The molecule has 0 saturated carbocycles. The first-order valence-corrected chi connectivity index (χ1v) is 14.0. The molecule has 2 N–H and O–H groups in total. The van der Waals surface area contributed by atoms with Gasteiger partial charge in [0.2, 0.25) is 0 Å². The molecule has 2 aliphatic rings. The van der Waals surface area contributed by atoms with Gasteiger partial charge in [0.25, 0.3) is 0 Å². The standard InChI is InChI=1S/C32H36O10/c1-19(33)39-23-5-7-27-21(17-23)9-13-31(3,41-27)15-11-25(29(35)36)26(30(37)38)12-16-32(4)14-10-22-18-24(40-20(2)34)6-8-28(22)42-32/h5-8,17-18H,9-16H2,1-4H3,(H,35,36)(H,37,38). The van der Waals surface area contributed by atoms with E-state index in [1.165, 1.54) is 13.8 Å². The maximum absolute atomic E-state index is 12.3. The Morgan fingerprint density at radius 1 is 0.714 bits per heavy atom. The van der Waals surface area contributed by atoms with E-state index in [4.69, 9.17) is 18.9 Å². The Hall–Kier alpha value is -4.34. The van der Waals surface area contributed by atoms with Crippen LogP contribution in [0.1, 0.15) is 77.3 Å². The molecule has 224 valence electrons. The topological polar surface area (TPSA) is 146 Å². The Bertz CT molecular complexity index is 1330. The lowest BCUT2D eigenvalue weighted by molar-refractivity contribution is -0.136. The molecule has 4 rings (SSSR count). The molecule has 2 aromatic carbocycles. The normalized spacial score (nSPS) is 21.4. The van der Waals surface area contributed by atoms with Gasteiger partial charge in [-0.15, -0.1) is 0 Å².